The Hall–Kier alpha value is -0.890. The molecule has 2 heterocycles. The van der Waals surface area contributed by atoms with Gasteiger partial charge in [-0.2, -0.15) is 0 Å². The molecule has 1 aromatic heterocycles. The normalized spacial score (nSPS) is 24.1. The van der Waals surface area contributed by atoms with Crippen molar-refractivity contribution in [3.63, 3.8) is 0 Å². The molecule has 2 nitrogen and oxygen atoms in total. The third-order valence-corrected chi connectivity index (χ3v) is 3.39. The van der Waals surface area contributed by atoms with Crippen LogP contribution in [-0.2, 0) is 4.74 Å². The molecule has 0 spiro atoms. The van der Waals surface area contributed by atoms with E-state index in [4.69, 9.17) is 4.74 Å². The Labute approximate surface area is 112 Å². The van der Waals surface area contributed by atoms with E-state index < -0.39 is 0 Å². The van der Waals surface area contributed by atoms with Gasteiger partial charge in [0.2, 0.25) is 0 Å². The number of hydrogen-bond donors (Lipinski definition) is 0. The first-order chi connectivity index (χ1) is 8.77. The lowest BCUT2D eigenvalue weighted by Crippen LogP contribution is -2.06. The molecule has 2 fully saturated rings. The number of rotatable bonds is 1. The second-order valence-corrected chi connectivity index (χ2v) is 5.06. The lowest BCUT2D eigenvalue weighted by Gasteiger charge is -2.07. The molecule has 1 saturated carbocycles. The zero-order valence-corrected chi connectivity index (χ0v) is 12.2. The fraction of sp³-hybridized carbons (Fsp3) is 0.688. The number of aromatic nitrogens is 1. The summed E-state index contributed by atoms with van der Waals surface area (Å²) < 4.78 is 5.22. The summed E-state index contributed by atoms with van der Waals surface area (Å²) in [7, 11) is 0. The topological polar surface area (TPSA) is 22.1 Å². The van der Waals surface area contributed by atoms with Crippen molar-refractivity contribution in [3.05, 3.63) is 30.1 Å². The molecular weight excluding hydrogens is 222 g/mol. The van der Waals surface area contributed by atoms with E-state index >= 15 is 0 Å². The van der Waals surface area contributed by atoms with Gasteiger partial charge in [-0.05, 0) is 42.2 Å². The summed E-state index contributed by atoms with van der Waals surface area (Å²) >= 11 is 0. The second kappa shape index (κ2) is 8.25. The van der Waals surface area contributed by atoms with Crippen LogP contribution < -0.4 is 0 Å². The van der Waals surface area contributed by atoms with E-state index in [1.165, 1.54) is 18.4 Å². The van der Waals surface area contributed by atoms with Crippen LogP contribution >= 0.6 is 0 Å². The van der Waals surface area contributed by atoms with Crippen LogP contribution in [0.5, 0.6) is 0 Å². The average Bonchev–Trinajstić information content (AvgIpc) is 3.22. The molecule has 102 valence electrons. The van der Waals surface area contributed by atoms with Crippen molar-refractivity contribution in [2.75, 3.05) is 13.2 Å². The lowest BCUT2D eigenvalue weighted by molar-refractivity contribution is 0.0889. The van der Waals surface area contributed by atoms with Gasteiger partial charge in [-0.15, -0.1) is 0 Å². The monoisotopic (exact) mass is 249 g/mol. The fourth-order valence-corrected chi connectivity index (χ4v) is 2.05. The Morgan fingerprint density at radius 1 is 1.28 bits per heavy atom. The van der Waals surface area contributed by atoms with Gasteiger partial charge in [-0.3, -0.25) is 4.98 Å². The van der Waals surface area contributed by atoms with Gasteiger partial charge >= 0.3 is 0 Å². The molecule has 2 atom stereocenters. The highest BCUT2D eigenvalue weighted by Crippen LogP contribution is 2.43. The van der Waals surface area contributed by atoms with Gasteiger partial charge in [0.15, 0.2) is 0 Å². The average molecular weight is 249 g/mol. The van der Waals surface area contributed by atoms with Gasteiger partial charge in [0, 0.05) is 25.6 Å². The summed E-state index contributed by atoms with van der Waals surface area (Å²) in [6.45, 7) is 10.4. The highest BCUT2D eigenvalue weighted by Gasteiger charge is 2.38. The smallest absolute Gasteiger partial charge is 0.0497 e. The molecule has 2 unspecified atom stereocenters. The first kappa shape index (κ1) is 15.2. The zero-order valence-electron chi connectivity index (χ0n) is 12.2. The predicted octanol–water partition coefficient (Wildman–Crippen LogP) is 4.27. The largest absolute Gasteiger partial charge is 0.381 e. The Kier molecular flexibility index (Phi) is 6.96. The van der Waals surface area contributed by atoms with Gasteiger partial charge in [0.25, 0.3) is 0 Å². The summed E-state index contributed by atoms with van der Waals surface area (Å²) in [5.74, 6) is 2.65. The van der Waals surface area contributed by atoms with E-state index in [2.05, 4.69) is 24.9 Å². The molecule has 2 aliphatic rings. The molecule has 1 aliphatic heterocycles. The molecular formula is C16H27NO. The van der Waals surface area contributed by atoms with Crippen LogP contribution in [-0.4, -0.2) is 18.2 Å². The molecule has 2 heteroatoms. The minimum atomic E-state index is 0.596. The fourth-order valence-electron chi connectivity index (χ4n) is 2.05. The predicted molar refractivity (Wildman–Crippen MR) is 76.7 cm³/mol. The van der Waals surface area contributed by atoms with E-state index in [1.54, 1.807) is 6.20 Å². The molecule has 0 bridgehead atoms. The number of fused-ring (bicyclic) bond motifs is 1. The molecule has 18 heavy (non-hydrogen) atoms. The maximum Gasteiger partial charge on any atom is 0.0497 e. The Morgan fingerprint density at radius 2 is 2.06 bits per heavy atom. The standard InChI is InChI=1S/C8H11N.C6H10O.C2H6/c1-7(2)8-4-3-5-9-6-8;1-2-7-4-6-3-5(1)6;1-2/h3-7H,1-2H3;5-6H,1-4H2;1-2H3. The summed E-state index contributed by atoms with van der Waals surface area (Å²) in [5, 5.41) is 0. The van der Waals surface area contributed by atoms with Crippen LogP contribution in [0.2, 0.25) is 0 Å². The molecule has 0 radical (unpaired) electrons. The maximum atomic E-state index is 5.22. The second-order valence-electron chi connectivity index (χ2n) is 5.06. The molecule has 3 rings (SSSR count). The summed E-state index contributed by atoms with van der Waals surface area (Å²) in [5.41, 5.74) is 1.30. The van der Waals surface area contributed by atoms with Crippen molar-refractivity contribution in [3.8, 4) is 0 Å². The van der Waals surface area contributed by atoms with Crippen LogP contribution in [0.1, 0.15) is 52.0 Å². The van der Waals surface area contributed by atoms with E-state index in [1.807, 2.05) is 26.1 Å². The third kappa shape index (κ3) is 5.18. The van der Waals surface area contributed by atoms with Crippen molar-refractivity contribution < 1.29 is 4.74 Å². The number of pyridine rings is 1. The summed E-state index contributed by atoms with van der Waals surface area (Å²) in [4.78, 5) is 4.01. The van der Waals surface area contributed by atoms with Crippen LogP contribution in [0.3, 0.4) is 0 Å². The first-order valence-electron chi connectivity index (χ1n) is 7.25. The molecule has 1 saturated heterocycles. The zero-order chi connectivity index (χ0) is 13.4. The van der Waals surface area contributed by atoms with Gasteiger partial charge in [-0.25, -0.2) is 0 Å². The minimum absolute atomic E-state index is 0.596. The van der Waals surface area contributed by atoms with Crippen molar-refractivity contribution in [1.29, 1.82) is 0 Å². The number of hydrogen-bond acceptors (Lipinski definition) is 2. The van der Waals surface area contributed by atoms with E-state index in [9.17, 15) is 0 Å². The molecule has 1 aromatic rings. The number of nitrogens with zero attached hydrogens (tertiary/aromatic N) is 1. The quantitative estimate of drug-likeness (QED) is 0.741. The van der Waals surface area contributed by atoms with Crippen molar-refractivity contribution in [2.24, 2.45) is 11.8 Å². The lowest BCUT2D eigenvalue weighted by atomic mass is 10.1. The SMILES string of the molecule is C1CC2CC2CO1.CC.CC(C)c1cccnc1. The third-order valence-electron chi connectivity index (χ3n) is 3.39. The van der Waals surface area contributed by atoms with E-state index in [0.29, 0.717) is 5.92 Å². The molecule has 0 N–H and O–H groups in total. The molecule has 0 amide bonds. The number of ether oxygens (including phenoxy) is 1. The van der Waals surface area contributed by atoms with Gasteiger partial charge in [0.1, 0.15) is 0 Å². The molecule has 0 aromatic carbocycles. The van der Waals surface area contributed by atoms with Crippen LogP contribution in [0, 0.1) is 11.8 Å². The van der Waals surface area contributed by atoms with Crippen molar-refractivity contribution >= 4 is 0 Å². The van der Waals surface area contributed by atoms with E-state index in [-0.39, 0.29) is 0 Å². The van der Waals surface area contributed by atoms with Gasteiger partial charge < -0.3 is 4.74 Å². The van der Waals surface area contributed by atoms with Gasteiger partial charge in [-0.1, -0.05) is 33.8 Å². The van der Waals surface area contributed by atoms with Crippen LogP contribution in [0.25, 0.3) is 0 Å². The summed E-state index contributed by atoms with van der Waals surface area (Å²) in [6.07, 6.45) is 6.50. The highest BCUT2D eigenvalue weighted by molar-refractivity contribution is 5.12. The van der Waals surface area contributed by atoms with Crippen molar-refractivity contribution in [2.45, 2.75) is 46.5 Å². The van der Waals surface area contributed by atoms with Crippen LogP contribution in [0.15, 0.2) is 24.5 Å². The molecule has 1 aliphatic carbocycles. The first-order valence-corrected chi connectivity index (χ1v) is 7.25. The Morgan fingerprint density at radius 3 is 2.44 bits per heavy atom. The summed E-state index contributed by atoms with van der Waals surface area (Å²) in [6, 6.07) is 4.06. The Bertz CT molecular complexity index is 300. The van der Waals surface area contributed by atoms with Gasteiger partial charge in [0.05, 0.1) is 0 Å². The highest BCUT2D eigenvalue weighted by atomic mass is 16.5. The van der Waals surface area contributed by atoms with Crippen molar-refractivity contribution in [1.82, 2.24) is 4.98 Å². The van der Waals surface area contributed by atoms with Crippen LogP contribution in [0.4, 0.5) is 0 Å². The van der Waals surface area contributed by atoms with E-state index in [0.717, 1.165) is 25.0 Å². The Balaban J connectivity index is 0.000000161. The maximum absolute atomic E-state index is 5.22. The minimum Gasteiger partial charge on any atom is -0.381 e.